The van der Waals surface area contributed by atoms with Gasteiger partial charge in [0.1, 0.15) is 47.9 Å². The van der Waals surface area contributed by atoms with E-state index in [1.165, 1.54) is 46.9 Å². The third-order valence-electron chi connectivity index (χ3n) is 22.6. The van der Waals surface area contributed by atoms with Crippen molar-refractivity contribution in [2.75, 3.05) is 88.0 Å². The molecule has 0 atom stereocenters. The number of sulfone groups is 1. The van der Waals surface area contributed by atoms with Crippen LogP contribution in [0.2, 0.25) is 10.0 Å². The Bertz CT molecular complexity index is 5460. The monoisotopic (exact) mass is 1540 g/mol. The predicted molar refractivity (Wildman–Crippen MR) is 442 cm³/mol. The van der Waals surface area contributed by atoms with Crippen LogP contribution in [0.5, 0.6) is 23.0 Å². The lowest BCUT2D eigenvalue weighted by Crippen LogP contribution is -2.47. The second-order valence-corrected chi connectivity index (χ2v) is 36.2. The van der Waals surface area contributed by atoms with E-state index in [1.54, 1.807) is 64.5 Å². The molecule has 6 aromatic carbocycles. The number of halogens is 2. The normalized spacial score (nSPS) is 16.5. The van der Waals surface area contributed by atoms with Crippen molar-refractivity contribution in [1.82, 2.24) is 34.0 Å². The molecule has 109 heavy (non-hydrogen) atoms. The summed E-state index contributed by atoms with van der Waals surface area (Å²) in [4.78, 5) is 53.2. The fraction of sp³-hybridized carbons (Fsp3) is 0.356. The number of hydrogen-bond donors (Lipinski definition) is 2. The number of aryl methyl sites for hydroxylation is 3. The maximum absolute atomic E-state index is 14.2. The third kappa shape index (κ3) is 17.3. The van der Waals surface area contributed by atoms with E-state index in [4.69, 9.17) is 40.5 Å². The van der Waals surface area contributed by atoms with Gasteiger partial charge in [-0.15, -0.1) is 0 Å². The fourth-order valence-corrected chi connectivity index (χ4v) is 19.6. The summed E-state index contributed by atoms with van der Waals surface area (Å²) in [7, 11) is -0.771. The van der Waals surface area contributed by atoms with Crippen LogP contribution in [0.15, 0.2) is 167 Å². The van der Waals surface area contributed by atoms with Gasteiger partial charge in [0.25, 0.3) is 15.9 Å². The van der Waals surface area contributed by atoms with E-state index in [0.717, 1.165) is 151 Å². The van der Waals surface area contributed by atoms with Crippen LogP contribution in [0.25, 0.3) is 33.2 Å². The first-order valence-corrected chi connectivity index (χ1v) is 41.2. The smallest absolute Gasteiger partial charge is 0.271 e. The standard InChI is InChI=1S/C44H49ClN4O4S.C43H47BClN5O4S/c1-28-21-29(2)42(31(4)30(28)3)54(51,52)27-40(50)38-12-11-36(23-41(38)53-37-22-33-14-16-46-43(33)47-25-37)49-19-17-48(18-20-49)26-34-13-15-44(5,6)24-39(34)32-7-9-35(45)10-8-32;1-27-21-38(44)28(2)29(3)40(27)55(52,53)48(6)42(51)36-12-11-34(23-39(36)54-35-22-31-14-16-46-41(31)47-25-35)50-19-17-49(18-20-50)26-32-13-15-43(4,5)24-37(32)30-7-9-33(45)10-8-30/h7-12,14,16,21-23,25H,13,15,17-20,24,26-27H2,1-6H3,(H,46,47);7-12,14,16,21-23,25H,13,15,17-20,24,26H2,1-6H3,(H,46,47). The largest absolute Gasteiger partial charge is 0.455 e. The zero-order valence-corrected chi connectivity index (χ0v) is 67.6. The molecule has 1 amide bonds. The maximum atomic E-state index is 14.2. The number of piperazine rings is 2. The van der Waals surface area contributed by atoms with Crippen molar-refractivity contribution in [3.8, 4) is 23.0 Å². The van der Waals surface area contributed by atoms with E-state index in [-0.39, 0.29) is 37.5 Å². The predicted octanol–water partition coefficient (Wildman–Crippen LogP) is 17.7. The first kappa shape index (κ1) is 78.1. The summed E-state index contributed by atoms with van der Waals surface area (Å²) < 4.78 is 69.4. The molecular weight excluding hydrogens is 1440 g/mol. The minimum atomic E-state index is -4.25. The van der Waals surface area contributed by atoms with Crippen LogP contribution in [0.3, 0.4) is 0 Å². The zero-order valence-electron chi connectivity index (χ0n) is 64.4. The Hall–Kier alpha value is -9.02. The molecule has 4 aliphatic rings. The van der Waals surface area contributed by atoms with Crippen molar-refractivity contribution in [2.24, 2.45) is 10.8 Å². The number of aromatic amines is 2. The van der Waals surface area contributed by atoms with E-state index in [2.05, 4.69) is 91.5 Å². The highest BCUT2D eigenvalue weighted by Crippen LogP contribution is 2.46. The van der Waals surface area contributed by atoms with E-state index >= 15 is 0 Å². The number of carbonyl (C=O) groups excluding carboxylic acids is 2. The van der Waals surface area contributed by atoms with Gasteiger partial charge in [-0.05, 0) is 226 Å². The summed E-state index contributed by atoms with van der Waals surface area (Å²) in [6.45, 7) is 30.6. The van der Waals surface area contributed by atoms with Crippen molar-refractivity contribution in [3.05, 3.63) is 229 Å². The molecule has 10 aromatic rings. The van der Waals surface area contributed by atoms with Gasteiger partial charge in [-0.1, -0.05) is 109 Å². The van der Waals surface area contributed by atoms with Gasteiger partial charge in [0.2, 0.25) is 0 Å². The number of ether oxygens (including phenoxy) is 2. The number of amides is 1. The van der Waals surface area contributed by atoms with Gasteiger partial charge in [0.15, 0.2) is 15.6 Å². The maximum Gasteiger partial charge on any atom is 0.271 e. The van der Waals surface area contributed by atoms with E-state index in [1.807, 2.05) is 106 Å². The lowest BCUT2D eigenvalue weighted by atomic mass is 9.72. The average molecular weight is 1540 g/mol. The highest BCUT2D eigenvalue weighted by molar-refractivity contribution is 7.92. The number of nitrogens with zero attached hydrogens (tertiary/aromatic N) is 7. The first-order valence-electron chi connectivity index (χ1n) is 37.4. The lowest BCUT2D eigenvalue weighted by Gasteiger charge is -2.39. The summed E-state index contributed by atoms with van der Waals surface area (Å²) in [6.07, 6.45) is 13.4. The number of sulfonamides is 1. The number of pyridine rings is 2. The Morgan fingerprint density at radius 1 is 0.532 bits per heavy atom. The van der Waals surface area contributed by atoms with Gasteiger partial charge in [0.05, 0.1) is 33.3 Å². The van der Waals surface area contributed by atoms with Crippen LogP contribution >= 0.6 is 23.2 Å². The third-order valence-corrected chi connectivity index (χ3v) is 27.0. The number of benzene rings is 6. The van der Waals surface area contributed by atoms with Crippen LogP contribution in [-0.2, 0) is 19.9 Å². The molecule has 0 bridgehead atoms. The van der Waals surface area contributed by atoms with Crippen molar-refractivity contribution in [1.29, 1.82) is 0 Å². The molecule has 2 aliphatic carbocycles. The molecule has 4 aromatic heterocycles. The van der Waals surface area contributed by atoms with Crippen molar-refractivity contribution >= 4 is 113 Å². The van der Waals surface area contributed by atoms with Crippen LogP contribution in [0, 0.1) is 59.3 Å². The molecule has 2 aliphatic heterocycles. The number of aromatic nitrogens is 4. The number of rotatable bonds is 19. The van der Waals surface area contributed by atoms with Crippen molar-refractivity contribution in [2.45, 2.75) is 124 Å². The summed E-state index contributed by atoms with van der Waals surface area (Å²) >= 11 is 12.5. The quantitative estimate of drug-likeness (QED) is 0.0573. The van der Waals surface area contributed by atoms with Crippen LogP contribution < -0.4 is 24.7 Å². The highest BCUT2D eigenvalue weighted by Gasteiger charge is 2.36. The average Bonchev–Trinajstić information content (AvgIpc) is 1.54. The molecule has 0 saturated carbocycles. The number of carbonyl (C=O) groups is 2. The van der Waals surface area contributed by atoms with Gasteiger partial charge in [-0.2, -0.15) is 0 Å². The number of H-pyrrole nitrogens is 2. The molecule has 566 valence electrons. The number of hydrogen-bond acceptors (Lipinski definition) is 14. The minimum Gasteiger partial charge on any atom is -0.455 e. The number of ketones is 1. The highest BCUT2D eigenvalue weighted by atomic mass is 35.5. The summed E-state index contributed by atoms with van der Waals surface area (Å²) in [6, 6.07) is 38.4. The summed E-state index contributed by atoms with van der Waals surface area (Å²) in [5.74, 6) is -0.454. The lowest BCUT2D eigenvalue weighted by molar-refractivity contribution is 0.0880. The van der Waals surface area contributed by atoms with Crippen molar-refractivity contribution < 1.29 is 35.9 Å². The molecule has 0 unspecified atom stereocenters. The van der Waals surface area contributed by atoms with E-state index in [0.29, 0.717) is 56.2 Å². The molecule has 2 radical (unpaired) electrons. The Balaban J connectivity index is 0.000000192. The molecule has 22 heteroatoms. The first-order chi connectivity index (χ1) is 51.8. The van der Waals surface area contributed by atoms with Gasteiger partial charge in [-0.25, -0.2) is 31.1 Å². The second-order valence-electron chi connectivity index (χ2n) is 31.5. The summed E-state index contributed by atoms with van der Waals surface area (Å²) in [5.41, 5.74) is 17.9. The van der Waals surface area contributed by atoms with Crippen LogP contribution in [0.4, 0.5) is 11.4 Å². The molecule has 2 N–H and O–H groups in total. The summed E-state index contributed by atoms with van der Waals surface area (Å²) in [5, 5.41) is 3.21. The molecule has 2 fully saturated rings. The number of nitrogens with one attached hydrogen (secondary N) is 2. The molecule has 2 saturated heterocycles. The Morgan fingerprint density at radius 3 is 1.45 bits per heavy atom. The van der Waals surface area contributed by atoms with Gasteiger partial charge < -0.3 is 29.2 Å². The molecular formula is C87H96BCl2N9O8S2. The zero-order chi connectivity index (χ0) is 77.6. The van der Waals surface area contributed by atoms with E-state index < -0.39 is 37.3 Å². The van der Waals surface area contributed by atoms with Gasteiger partial charge in [0, 0.05) is 129 Å². The molecule has 14 rings (SSSR count). The molecule has 0 spiro atoms. The second kappa shape index (κ2) is 31.8. The van der Waals surface area contributed by atoms with E-state index in [9.17, 15) is 26.4 Å². The SMILES string of the molecule is Cc1cc(C)c(S(=O)(=O)CC(=O)c2ccc(N3CCN(CC4=C(c5ccc(Cl)cc5)CC(C)(C)CC4)CC3)cc2Oc2cnc3[nH]ccc3c2)c(C)c1C.[B]c1cc(C)c(S(=O)(=O)N(C)C(=O)c2ccc(N3CCN(CC4=C(c5ccc(Cl)cc5)CC(C)(C)CC4)CC3)cc2Oc2cnc3[nH]ccc3c2)c(C)c1C. The Morgan fingerprint density at radius 2 is 0.972 bits per heavy atom. The molecule has 6 heterocycles. The number of fused-ring (bicyclic) bond motifs is 2. The van der Waals surface area contributed by atoms with Crippen molar-refractivity contribution in [3.63, 3.8) is 0 Å². The fourth-order valence-electron chi connectivity index (χ4n) is 16.0. The number of Topliss-reactive ketones (excluding diaryl/α,β-unsaturated/α-hetero) is 1. The Labute approximate surface area is 653 Å². The number of anilines is 2. The van der Waals surface area contributed by atoms with Crippen LogP contribution in [-0.4, -0.2) is 149 Å². The number of allylic oxidation sites excluding steroid dienone is 2. The topological polar surface area (TPSA) is 194 Å². The Kier molecular flexibility index (Phi) is 22.8. The van der Waals surface area contributed by atoms with Gasteiger partial charge >= 0.3 is 0 Å². The van der Waals surface area contributed by atoms with Gasteiger partial charge in [-0.3, -0.25) is 19.4 Å². The minimum absolute atomic E-state index is 0.0714. The molecule has 17 nitrogen and oxygen atoms in total. The van der Waals surface area contributed by atoms with Crippen LogP contribution in [0.1, 0.15) is 137 Å².